The number of amides is 1. The van der Waals surface area contributed by atoms with Gasteiger partial charge >= 0.3 is 6.09 Å². The molecule has 5 aliphatic heterocycles. The summed E-state index contributed by atoms with van der Waals surface area (Å²) < 4.78 is 18.2. The number of carbonyl (C=O) groups is 1. The minimum Gasteiger partial charge on any atom is -0.419 e. The van der Waals surface area contributed by atoms with Crippen LogP contribution in [0.5, 0.6) is 0 Å². The van der Waals surface area contributed by atoms with E-state index in [-0.39, 0.29) is 24.0 Å². The Bertz CT molecular complexity index is 627. The van der Waals surface area contributed by atoms with Crippen molar-refractivity contribution in [2.75, 3.05) is 13.1 Å². The van der Waals surface area contributed by atoms with E-state index < -0.39 is 24.0 Å². The van der Waals surface area contributed by atoms with Crippen molar-refractivity contribution in [3.63, 3.8) is 0 Å². The van der Waals surface area contributed by atoms with Gasteiger partial charge in [0, 0.05) is 37.4 Å². The van der Waals surface area contributed by atoms with Crippen molar-refractivity contribution in [1.82, 2.24) is 4.90 Å². The molecule has 5 heterocycles. The second-order valence-electron chi connectivity index (χ2n) is 9.32. The van der Waals surface area contributed by atoms with Gasteiger partial charge in [0.1, 0.15) is 0 Å². The predicted octanol–water partition coefficient (Wildman–Crippen LogP) is 1.97. The molecule has 0 aromatic carbocycles. The second kappa shape index (κ2) is 6.03. The van der Waals surface area contributed by atoms with Gasteiger partial charge in [-0.3, -0.25) is 0 Å². The highest BCUT2D eigenvalue weighted by Crippen LogP contribution is 2.60. The van der Waals surface area contributed by atoms with Crippen LogP contribution in [0.2, 0.25) is 0 Å². The monoisotopic (exact) mass is 382 g/mol. The third-order valence-corrected chi connectivity index (χ3v) is 7.48. The summed E-state index contributed by atoms with van der Waals surface area (Å²) in [6.07, 6.45) is 2.23. The standard InChI is InChI=1S/C19H30N2O6/c1-10-4-5-14-11(2)15(24-17(22)21-8-12(20)9-21)23-16-19(14)13(10)6-7-18(3,25-16)26-27-19/h10-16H,4-9,20H2,1-3H3/t10-,11-,13+,14+,15-,16-,18-,19-/m1/s1. The molecule has 0 aromatic rings. The van der Waals surface area contributed by atoms with Gasteiger partial charge in [0.15, 0.2) is 11.9 Å². The first-order valence-corrected chi connectivity index (χ1v) is 10.2. The Morgan fingerprint density at radius 2 is 1.93 bits per heavy atom. The fraction of sp³-hybridized carbons (Fsp3) is 0.947. The molecule has 6 fully saturated rings. The first-order valence-electron chi connectivity index (χ1n) is 10.2. The van der Waals surface area contributed by atoms with Gasteiger partial charge in [-0.2, -0.15) is 0 Å². The van der Waals surface area contributed by atoms with Crippen molar-refractivity contribution in [1.29, 1.82) is 0 Å². The summed E-state index contributed by atoms with van der Waals surface area (Å²) in [5, 5.41) is 0. The molecule has 2 bridgehead atoms. The predicted molar refractivity (Wildman–Crippen MR) is 92.9 cm³/mol. The molecule has 0 aromatic heterocycles. The molecule has 1 spiro atoms. The van der Waals surface area contributed by atoms with E-state index in [1.807, 2.05) is 6.92 Å². The molecule has 1 amide bonds. The van der Waals surface area contributed by atoms with Crippen LogP contribution in [0.25, 0.3) is 0 Å². The summed E-state index contributed by atoms with van der Waals surface area (Å²) >= 11 is 0. The van der Waals surface area contributed by atoms with Crippen LogP contribution in [0.15, 0.2) is 0 Å². The van der Waals surface area contributed by atoms with Gasteiger partial charge in [0.2, 0.25) is 12.1 Å². The van der Waals surface area contributed by atoms with E-state index in [1.54, 1.807) is 4.90 Å². The number of hydrogen-bond donors (Lipinski definition) is 1. The van der Waals surface area contributed by atoms with E-state index in [1.165, 1.54) is 0 Å². The fourth-order valence-electron chi connectivity index (χ4n) is 5.84. The lowest BCUT2D eigenvalue weighted by atomic mass is 9.58. The SMILES string of the molecule is C[C@H]1[C@@H](OC(=O)N2CC(N)C2)O[C@@H]2O[C@@]3(C)CC[C@H]4[C@H](C)CC[C@@H]1[C@@]24OO3. The number of ether oxygens (including phenoxy) is 3. The van der Waals surface area contributed by atoms with Crippen LogP contribution in [-0.4, -0.2) is 54.1 Å². The van der Waals surface area contributed by atoms with Gasteiger partial charge in [-0.15, -0.1) is 0 Å². The van der Waals surface area contributed by atoms with Gasteiger partial charge in [-0.25, -0.2) is 14.6 Å². The first kappa shape index (κ1) is 18.1. The Labute approximate surface area is 159 Å². The molecule has 1 saturated carbocycles. The largest absolute Gasteiger partial charge is 0.419 e. The molecule has 0 unspecified atom stereocenters. The molecule has 152 valence electrons. The van der Waals surface area contributed by atoms with E-state index in [4.69, 9.17) is 29.7 Å². The number of carbonyl (C=O) groups excluding carboxylic acids is 1. The molecule has 6 rings (SSSR count). The van der Waals surface area contributed by atoms with Crippen molar-refractivity contribution in [3.8, 4) is 0 Å². The summed E-state index contributed by atoms with van der Waals surface area (Å²) in [4.78, 5) is 25.9. The molecule has 5 saturated heterocycles. The van der Waals surface area contributed by atoms with Crippen molar-refractivity contribution < 1.29 is 28.8 Å². The van der Waals surface area contributed by atoms with Crippen LogP contribution in [-0.2, 0) is 24.0 Å². The Morgan fingerprint density at radius 3 is 2.67 bits per heavy atom. The quantitative estimate of drug-likeness (QED) is 0.693. The summed E-state index contributed by atoms with van der Waals surface area (Å²) in [5.74, 6) is 0.130. The van der Waals surface area contributed by atoms with Crippen molar-refractivity contribution in [2.45, 2.75) is 76.5 Å². The zero-order valence-electron chi connectivity index (χ0n) is 16.3. The van der Waals surface area contributed by atoms with Crippen molar-refractivity contribution >= 4 is 6.09 Å². The Balaban J connectivity index is 1.42. The average Bonchev–Trinajstić information content (AvgIpc) is 2.83. The zero-order valence-corrected chi connectivity index (χ0v) is 16.3. The van der Waals surface area contributed by atoms with E-state index >= 15 is 0 Å². The maximum atomic E-state index is 12.4. The molecule has 6 aliphatic rings. The topological polar surface area (TPSA) is 92.5 Å². The fourth-order valence-corrected chi connectivity index (χ4v) is 5.84. The average molecular weight is 382 g/mol. The number of likely N-dealkylation sites (tertiary alicyclic amines) is 1. The summed E-state index contributed by atoms with van der Waals surface area (Å²) in [6, 6.07) is 0.0394. The van der Waals surface area contributed by atoms with Crippen molar-refractivity contribution in [3.05, 3.63) is 0 Å². The molecule has 27 heavy (non-hydrogen) atoms. The minimum absolute atomic E-state index is 0.00944. The number of nitrogens with two attached hydrogens (primary N) is 1. The highest BCUT2D eigenvalue weighted by Gasteiger charge is 2.69. The maximum Gasteiger partial charge on any atom is 0.412 e. The maximum absolute atomic E-state index is 12.4. The van der Waals surface area contributed by atoms with E-state index in [2.05, 4.69) is 13.8 Å². The summed E-state index contributed by atoms with van der Waals surface area (Å²) in [7, 11) is 0. The van der Waals surface area contributed by atoms with Crippen LogP contribution in [0.4, 0.5) is 4.79 Å². The van der Waals surface area contributed by atoms with Gasteiger partial charge in [0.05, 0.1) is 0 Å². The third kappa shape index (κ3) is 2.57. The molecule has 0 radical (unpaired) electrons. The minimum atomic E-state index is -0.823. The van der Waals surface area contributed by atoms with Gasteiger partial charge < -0.3 is 24.8 Å². The molecule has 8 nitrogen and oxygen atoms in total. The highest BCUT2D eigenvalue weighted by molar-refractivity contribution is 5.69. The lowest BCUT2D eigenvalue weighted by Gasteiger charge is -2.60. The lowest BCUT2D eigenvalue weighted by molar-refractivity contribution is -0.576. The molecule has 8 heteroatoms. The Kier molecular flexibility index (Phi) is 4.05. The normalized spacial score (nSPS) is 51.9. The molecule has 1 aliphatic carbocycles. The van der Waals surface area contributed by atoms with Gasteiger partial charge in [0.25, 0.3) is 0 Å². The molecular weight excluding hydrogens is 352 g/mol. The number of fused-ring (bicyclic) bond motifs is 2. The van der Waals surface area contributed by atoms with Crippen LogP contribution in [0.3, 0.4) is 0 Å². The van der Waals surface area contributed by atoms with Crippen LogP contribution in [0.1, 0.15) is 46.5 Å². The Hall–Kier alpha value is -0.930. The zero-order chi connectivity index (χ0) is 19.0. The highest BCUT2D eigenvalue weighted by atomic mass is 17.3. The second-order valence-corrected chi connectivity index (χ2v) is 9.32. The Morgan fingerprint density at radius 1 is 1.15 bits per heavy atom. The van der Waals surface area contributed by atoms with Crippen molar-refractivity contribution in [2.24, 2.45) is 29.4 Å². The van der Waals surface area contributed by atoms with Gasteiger partial charge in [-0.05, 0) is 38.0 Å². The lowest BCUT2D eigenvalue weighted by Crippen LogP contribution is -2.71. The number of hydrogen-bond acceptors (Lipinski definition) is 7. The van der Waals surface area contributed by atoms with Crippen LogP contribution >= 0.6 is 0 Å². The molecular formula is C19H30N2O6. The summed E-state index contributed by atoms with van der Waals surface area (Å²) in [5.41, 5.74) is 5.15. The van der Waals surface area contributed by atoms with E-state index in [9.17, 15) is 4.79 Å². The van der Waals surface area contributed by atoms with Crippen LogP contribution < -0.4 is 5.73 Å². The first-order chi connectivity index (χ1) is 12.8. The van der Waals surface area contributed by atoms with Gasteiger partial charge in [-0.1, -0.05) is 13.8 Å². The van der Waals surface area contributed by atoms with Crippen LogP contribution in [0, 0.1) is 23.7 Å². The molecule has 8 atom stereocenters. The smallest absolute Gasteiger partial charge is 0.412 e. The van der Waals surface area contributed by atoms with E-state index in [0.717, 1.165) is 25.7 Å². The third-order valence-electron chi connectivity index (χ3n) is 7.48. The summed E-state index contributed by atoms with van der Waals surface area (Å²) in [6.45, 7) is 7.30. The number of nitrogens with zero attached hydrogens (tertiary/aromatic N) is 1. The molecule has 2 N–H and O–H groups in total. The van der Waals surface area contributed by atoms with E-state index in [0.29, 0.717) is 24.9 Å². The number of rotatable bonds is 1.